The Bertz CT molecular complexity index is 321. The largest absolute Gasteiger partial charge is 0.469 e. The molecule has 0 spiro atoms. The van der Waals surface area contributed by atoms with Gasteiger partial charge in [-0.2, -0.15) is 0 Å². The standard InChI is InChI=1S/C11H21O6P/c1-4-5-6-7-10(8-16-18(13,14)15)17-11(12)9(2)3/h10H,2,4-8H2,1,3H3,(H2,13,14,15). The van der Waals surface area contributed by atoms with E-state index in [0.717, 1.165) is 19.3 Å². The monoisotopic (exact) mass is 280 g/mol. The van der Waals surface area contributed by atoms with Gasteiger partial charge in [-0.15, -0.1) is 0 Å². The lowest BCUT2D eigenvalue weighted by Gasteiger charge is -2.18. The zero-order chi connectivity index (χ0) is 14.2. The maximum atomic E-state index is 11.3. The third-order valence-corrected chi connectivity index (χ3v) is 2.67. The molecule has 6 nitrogen and oxygen atoms in total. The van der Waals surface area contributed by atoms with Gasteiger partial charge in [0.1, 0.15) is 6.10 Å². The second kappa shape index (κ2) is 8.43. The van der Waals surface area contributed by atoms with Gasteiger partial charge in [0.15, 0.2) is 0 Å². The lowest BCUT2D eigenvalue weighted by atomic mass is 10.1. The van der Waals surface area contributed by atoms with Gasteiger partial charge in [-0.3, -0.25) is 4.52 Å². The summed E-state index contributed by atoms with van der Waals surface area (Å²) in [6.07, 6.45) is 2.60. The number of carbonyl (C=O) groups is 1. The number of phosphoric ester groups is 1. The molecule has 0 rings (SSSR count). The summed E-state index contributed by atoms with van der Waals surface area (Å²) < 4.78 is 20.0. The van der Waals surface area contributed by atoms with Gasteiger partial charge in [0.05, 0.1) is 6.61 Å². The van der Waals surface area contributed by atoms with Crippen molar-refractivity contribution in [3.05, 3.63) is 12.2 Å². The number of unbranched alkanes of at least 4 members (excludes halogenated alkanes) is 2. The molecule has 2 N–H and O–H groups in total. The van der Waals surface area contributed by atoms with Crippen LogP contribution >= 0.6 is 7.82 Å². The molecule has 0 aromatic carbocycles. The van der Waals surface area contributed by atoms with Crippen molar-refractivity contribution in [2.75, 3.05) is 6.61 Å². The van der Waals surface area contributed by atoms with Crippen LogP contribution in [-0.2, 0) is 18.6 Å². The average molecular weight is 280 g/mol. The van der Waals surface area contributed by atoms with Gasteiger partial charge < -0.3 is 14.5 Å². The summed E-state index contributed by atoms with van der Waals surface area (Å²) in [5.74, 6) is -0.578. The Kier molecular flexibility index (Phi) is 8.11. The molecule has 0 saturated carbocycles. The number of ether oxygens (including phenoxy) is 1. The van der Waals surface area contributed by atoms with Crippen molar-refractivity contribution in [2.24, 2.45) is 0 Å². The number of rotatable bonds is 9. The van der Waals surface area contributed by atoms with E-state index in [-0.39, 0.29) is 12.2 Å². The molecule has 1 atom stereocenters. The van der Waals surface area contributed by atoms with Crippen LogP contribution in [0.4, 0.5) is 0 Å². The first-order chi connectivity index (χ1) is 8.26. The maximum Gasteiger partial charge on any atom is 0.469 e. The number of phosphoric acid groups is 1. The molecular weight excluding hydrogens is 259 g/mol. The highest BCUT2D eigenvalue weighted by atomic mass is 31.2. The Balaban J connectivity index is 4.28. The zero-order valence-corrected chi connectivity index (χ0v) is 11.7. The first kappa shape index (κ1) is 17.3. The summed E-state index contributed by atoms with van der Waals surface area (Å²) in [4.78, 5) is 28.6. The zero-order valence-electron chi connectivity index (χ0n) is 10.8. The van der Waals surface area contributed by atoms with Gasteiger partial charge in [-0.1, -0.05) is 26.3 Å². The highest BCUT2D eigenvalue weighted by molar-refractivity contribution is 7.46. The van der Waals surface area contributed by atoms with Gasteiger partial charge in [0.25, 0.3) is 0 Å². The molecule has 106 valence electrons. The number of hydrogen-bond acceptors (Lipinski definition) is 4. The summed E-state index contributed by atoms with van der Waals surface area (Å²) in [7, 11) is -4.54. The van der Waals surface area contributed by atoms with Crippen molar-refractivity contribution >= 4 is 13.8 Å². The van der Waals surface area contributed by atoms with Crippen molar-refractivity contribution in [3.63, 3.8) is 0 Å². The quantitative estimate of drug-likeness (QED) is 0.291. The van der Waals surface area contributed by atoms with Gasteiger partial charge in [0, 0.05) is 5.57 Å². The van der Waals surface area contributed by atoms with Crippen LogP contribution in [0.1, 0.15) is 39.5 Å². The van der Waals surface area contributed by atoms with E-state index in [2.05, 4.69) is 11.1 Å². The number of carbonyl (C=O) groups excluding carboxylic acids is 1. The summed E-state index contributed by atoms with van der Waals surface area (Å²) in [6, 6.07) is 0. The predicted octanol–water partition coefficient (Wildman–Crippen LogP) is 2.16. The lowest BCUT2D eigenvalue weighted by molar-refractivity contribution is -0.146. The molecule has 7 heteroatoms. The first-order valence-corrected chi connectivity index (χ1v) is 7.36. The van der Waals surface area contributed by atoms with Crippen LogP contribution < -0.4 is 0 Å². The normalized spacial score (nSPS) is 13.1. The Morgan fingerprint density at radius 2 is 2.00 bits per heavy atom. The van der Waals surface area contributed by atoms with Crippen LogP contribution in [0.5, 0.6) is 0 Å². The topological polar surface area (TPSA) is 93.1 Å². The Labute approximate surface area is 107 Å². The molecule has 0 fully saturated rings. The molecule has 0 aromatic heterocycles. The third-order valence-electron chi connectivity index (χ3n) is 2.18. The SMILES string of the molecule is C=C(C)C(=O)OC(CCCCC)COP(=O)(O)O. The molecule has 0 saturated heterocycles. The van der Waals surface area contributed by atoms with E-state index in [4.69, 9.17) is 14.5 Å². The van der Waals surface area contributed by atoms with Gasteiger partial charge in [0.2, 0.25) is 0 Å². The molecule has 18 heavy (non-hydrogen) atoms. The average Bonchev–Trinajstić information content (AvgIpc) is 2.24. The highest BCUT2D eigenvalue weighted by Crippen LogP contribution is 2.36. The van der Waals surface area contributed by atoms with Crippen LogP contribution in [0, 0.1) is 0 Å². The lowest BCUT2D eigenvalue weighted by Crippen LogP contribution is -2.23. The number of hydrogen-bond donors (Lipinski definition) is 2. The van der Waals surface area contributed by atoms with E-state index < -0.39 is 19.9 Å². The van der Waals surface area contributed by atoms with Crippen molar-refractivity contribution < 1.29 is 28.4 Å². The second-order valence-electron chi connectivity index (χ2n) is 4.09. The summed E-state index contributed by atoms with van der Waals surface area (Å²) in [6.45, 7) is 6.67. The fourth-order valence-electron chi connectivity index (χ4n) is 1.23. The van der Waals surface area contributed by atoms with Gasteiger partial charge in [-0.05, 0) is 19.8 Å². The smallest absolute Gasteiger partial charge is 0.457 e. The van der Waals surface area contributed by atoms with E-state index in [1.54, 1.807) is 0 Å². The van der Waals surface area contributed by atoms with Crippen molar-refractivity contribution in [2.45, 2.75) is 45.6 Å². The maximum absolute atomic E-state index is 11.3. The van der Waals surface area contributed by atoms with E-state index >= 15 is 0 Å². The fraction of sp³-hybridized carbons (Fsp3) is 0.727. The minimum atomic E-state index is -4.54. The van der Waals surface area contributed by atoms with Crippen molar-refractivity contribution in [1.82, 2.24) is 0 Å². The highest BCUT2D eigenvalue weighted by Gasteiger charge is 2.21. The van der Waals surface area contributed by atoms with E-state index in [1.807, 2.05) is 6.92 Å². The summed E-state index contributed by atoms with van der Waals surface area (Å²) in [5.41, 5.74) is 0.242. The molecule has 0 aliphatic heterocycles. The molecule has 0 radical (unpaired) electrons. The molecule has 0 aromatic rings. The Hall–Kier alpha value is -0.680. The molecule has 0 aliphatic carbocycles. The second-order valence-corrected chi connectivity index (χ2v) is 5.33. The molecule has 0 aliphatic rings. The van der Waals surface area contributed by atoms with Crippen LogP contribution in [0.3, 0.4) is 0 Å². The van der Waals surface area contributed by atoms with Crippen molar-refractivity contribution in [3.8, 4) is 0 Å². The predicted molar refractivity (Wildman–Crippen MR) is 66.8 cm³/mol. The Morgan fingerprint density at radius 1 is 1.39 bits per heavy atom. The van der Waals surface area contributed by atoms with Gasteiger partial charge in [-0.25, -0.2) is 9.36 Å². The summed E-state index contributed by atoms with van der Waals surface area (Å²) >= 11 is 0. The van der Waals surface area contributed by atoms with E-state index in [9.17, 15) is 9.36 Å². The van der Waals surface area contributed by atoms with Crippen LogP contribution in [0.2, 0.25) is 0 Å². The van der Waals surface area contributed by atoms with Crippen LogP contribution in [0.25, 0.3) is 0 Å². The van der Waals surface area contributed by atoms with Crippen LogP contribution in [-0.4, -0.2) is 28.5 Å². The van der Waals surface area contributed by atoms with Crippen LogP contribution in [0.15, 0.2) is 12.2 Å². The molecule has 0 amide bonds. The molecule has 1 unspecified atom stereocenters. The Morgan fingerprint density at radius 3 is 2.44 bits per heavy atom. The molecule has 0 heterocycles. The first-order valence-electron chi connectivity index (χ1n) is 5.82. The molecule has 0 bridgehead atoms. The van der Waals surface area contributed by atoms with E-state index in [0.29, 0.717) is 6.42 Å². The van der Waals surface area contributed by atoms with Crippen molar-refractivity contribution in [1.29, 1.82) is 0 Å². The number of esters is 1. The van der Waals surface area contributed by atoms with Gasteiger partial charge >= 0.3 is 13.8 Å². The fourth-order valence-corrected chi connectivity index (χ4v) is 1.59. The third kappa shape index (κ3) is 9.36. The van der Waals surface area contributed by atoms with E-state index in [1.165, 1.54) is 6.92 Å². The summed E-state index contributed by atoms with van der Waals surface area (Å²) in [5, 5.41) is 0. The minimum Gasteiger partial charge on any atom is -0.457 e. The minimum absolute atomic E-state index is 0.242. The molecular formula is C11H21O6P.